The first-order valence-corrected chi connectivity index (χ1v) is 6.04. The number of hydrogen-bond donors (Lipinski definition) is 1. The van der Waals surface area contributed by atoms with Crippen LogP contribution < -0.4 is 0 Å². The highest BCUT2D eigenvalue weighted by Crippen LogP contribution is 2.12. The highest BCUT2D eigenvalue weighted by Gasteiger charge is 2.04. The number of benzene rings is 1. The van der Waals surface area contributed by atoms with Gasteiger partial charge in [0.25, 0.3) is 5.69 Å². The van der Waals surface area contributed by atoms with Crippen molar-refractivity contribution in [2.45, 2.75) is 40.5 Å². The van der Waals surface area contributed by atoms with Crippen molar-refractivity contribution in [2.24, 2.45) is 0 Å². The maximum Gasteiger partial charge on any atom is 0.303 e. The lowest BCUT2D eigenvalue weighted by atomic mass is 10.1. The lowest BCUT2D eigenvalue weighted by Crippen LogP contribution is -1.97. The minimum absolute atomic E-state index is 0.0177. The van der Waals surface area contributed by atoms with Gasteiger partial charge >= 0.3 is 5.97 Å². The molecule has 0 saturated carbocycles. The van der Waals surface area contributed by atoms with Crippen LogP contribution in [0, 0.1) is 10.1 Å². The van der Waals surface area contributed by atoms with Crippen molar-refractivity contribution in [1.82, 2.24) is 0 Å². The van der Waals surface area contributed by atoms with Crippen molar-refractivity contribution >= 4 is 11.7 Å². The van der Waals surface area contributed by atoms with Crippen LogP contribution in [0.1, 0.15) is 39.7 Å². The fourth-order valence-electron chi connectivity index (χ4n) is 1.04. The molecular formula is C13H21NO4. The summed E-state index contributed by atoms with van der Waals surface area (Å²) in [6.07, 6.45) is 0.436. The predicted octanol–water partition coefficient (Wildman–Crippen LogP) is 3.66. The van der Waals surface area contributed by atoms with Crippen LogP contribution in [-0.4, -0.2) is 16.0 Å². The van der Waals surface area contributed by atoms with Crippen LogP contribution in [0.25, 0.3) is 0 Å². The lowest BCUT2D eigenvalue weighted by Gasteiger charge is -1.97. The molecule has 1 aromatic rings. The van der Waals surface area contributed by atoms with E-state index < -0.39 is 10.9 Å². The third-order valence-corrected chi connectivity index (χ3v) is 1.77. The van der Waals surface area contributed by atoms with E-state index in [9.17, 15) is 14.9 Å². The molecule has 5 nitrogen and oxygen atoms in total. The quantitative estimate of drug-likeness (QED) is 0.657. The van der Waals surface area contributed by atoms with Crippen LogP contribution >= 0.6 is 0 Å². The van der Waals surface area contributed by atoms with E-state index in [0.717, 1.165) is 5.56 Å². The predicted molar refractivity (Wildman–Crippen MR) is 71.7 cm³/mol. The molecule has 0 radical (unpaired) electrons. The van der Waals surface area contributed by atoms with Crippen LogP contribution in [0.3, 0.4) is 0 Å². The number of aliphatic carboxylic acids is 1. The van der Waals surface area contributed by atoms with Crippen LogP contribution in [0.4, 0.5) is 5.69 Å². The summed E-state index contributed by atoms with van der Waals surface area (Å²) in [6.45, 7) is 8.00. The Balaban J connectivity index is 0. The SMILES string of the molecule is CC.CC.O=C(O)CCc1ccc([N+](=O)[O-])cc1. The summed E-state index contributed by atoms with van der Waals surface area (Å²) in [4.78, 5) is 20.0. The molecule has 0 heterocycles. The van der Waals surface area contributed by atoms with Crippen LogP contribution in [0.5, 0.6) is 0 Å². The minimum atomic E-state index is -0.872. The maximum atomic E-state index is 10.3. The van der Waals surface area contributed by atoms with E-state index in [-0.39, 0.29) is 12.1 Å². The summed E-state index contributed by atoms with van der Waals surface area (Å²) in [5, 5.41) is 18.7. The topological polar surface area (TPSA) is 80.4 Å². The molecule has 5 heteroatoms. The molecule has 0 spiro atoms. The van der Waals surface area contributed by atoms with Gasteiger partial charge in [-0.2, -0.15) is 0 Å². The second-order valence-electron chi connectivity index (χ2n) is 2.82. The first-order valence-electron chi connectivity index (χ1n) is 6.04. The Bertz CT molecular complexity index is 347. The highest BCUT2D eigenvalue weighted by atomic mass is 16.6. The maximum absolute atomic E-state index is 10.3. The molecule has 0 amide bonds. The molecule has 1 N–H and O–H groups in total. The van der Waals surface area contributed by atoms with Crippen molar-refractivity contribution < 1.29 is 14.8 Å². The summed E-state index contributed by atoms with van der Waals surface area (Å²) in [7, 11) is 0. The molecule has 0 aliphatic carbocycles. The van der Waals surface area contributed by atoms with E-state index in [4.69, 9.17) is 5.11 Å². The van der Waals surface area contributed by atoms with Crippen LogP contribution in [0.15, 0.2) is 24.3 Å². The van der Waals surface area contributed by atoms with Gasteiger partial charge in [0.05, 0.1) is 4.92 Å². The van der Waals surface area contributed by atoms with Gasteiger partial charge in [-0.3, -0.25) is 14.9 Å². The molecule has 0 atom stereocenters. The number of nitro groups is 1. The van der Waals surface area contributed by atoms with E-state index in [1.165, 1.54) is 12.1 Å². The Morgan fingerprint density at radius 1 is 1.17 bits per heavy atom. The Kier molecular flexibility index (Phi) is 11.9. The van der Waals surface area contributed by atoms with Gasteiger partial charge in [-0.05, 0) is 12.0 Å². The lowest BCUT2D eigenvalue weighted by molar-refractivity contribution is -0.384. The first kappa shape index (κ1) is 18.5. The van der Waals surface area contributed by atoms with E-state index in [0.29, 0.717) is 6.42 Å². The van der Waals surface area contributed by atoms with Crippen LogP contribution in [-0.2, 0) is 11.2 Å². The Hall–Kier alpha value is -1.91. The number of carbonyl (C=O) groups is 1. The number of aryl methyl sites for hydroxylation is 1. The molecule has 102 valence electrons. The molecule has 0 fully saturated rings. The Labute approximate surface area is 108 Å². The summed E-state index contributed by atoms with van der Waals surface area (Å²) in [5.74, 6) is -0.872. The highest BCUT2D eigenvalue weighted by molar-refractivity contribution is 5.67. The van der Waals surface area contributed by atoms with Crippen LogP contribution in [0.2, 0.25) is 0 Å². The zero-order valence-electron chi connectivity index (χ0n) is 11.3. The molecule has 0 saturated heterocycles. The monoisotopic (exact) mass is 255 g/mol. The van der Waals surface area contributed by atoms with Gasteiger partial charge in [-0.1, -0.05) is 39.8 Å². The third-order valence-electron chi connectivity index (χ3n) is 1.77. The van der Waals surface area contributed by atoms with Crippen molar-refractivity contribution in [3.63, 3.8) is 0 Å². The summed E-state index contributed by atoms with van der Waals surface area (Å²) >= 11 is 0. The number of hydrogen-bond acceptors (Lipinski definition) is 3. The summed E-state index contributed by atoms with van der Waals surface area (Å²) in [5.41, 5.74) is 0.807. The van der Waals surface area contributed by atoms with Gasteiger partial charge in [-0.25, -0.2) is 0 Å². The average molecular weight is 255 g/mol. The zero-order chi connectivity index (χ0) is 14.6. The summed E-state index contributed by atoms with van der Waals surface area (Å²) < 4.78 is 0. The van der Waals surface area contributed by atoms with Gasteiger partial charge < -0.3 is 5.11 Å². The van der Waals surface area contributed by atoms with E-state index >= 15 is 0 Å². The average Bonchev–Trinajstić information content (AvgIpc) is 2.41. The van der Waals surface area contributed by atoms with E-state index in [1.807, 2.05) is 27.7 Å². The number of nitro benzene ring substituents is 1. The smallest absolute Gasteiger partial charge is 0.303 e. The molecular weight excluding hydrogens is 234 g/mol. The number of nitrogens with zero attached hydrogens (tertiary/aromatic N) is 1. The fourth-order valence-corrected chi connectivity index (χ4v) is 1.04. The molecule has 0 unspecified atom stereocenters. The zero-order valence-corrected chi connectivity index (χ0v) is 11.3. The standard InChI is InChI=1S/C9H9NO4.2C2H6/c11-9(12)6-3-7-1-4-8(5-2-7)10(13)14;2*1-2/h1-2,4-5H,3,6H2,(H,11,12);2*1-2H3. The number of carboxylic acids is 1. The second kappa shape index (κ2) is 11.6. The van der Waals surface area contributed by atoms with Gasteiger partial charge in [0, 0.05) is 18.6 Å². The van der Waals surface area contributed by atoms with Gasteiger partial charge in [0.2, 0.25) is 0 Å². The second-order valence-corrected chi connectivity index (χ2v) is 2.82. The molecule has 1 aromatic carbocycles. The molecule has 0 aliphatic rings. The first-order chi connectivity index (χ1) is 8.59. The van der Waals surface area contributed by atoms with Gasteiger partial charge in [0.1, 0.15) is 0 Å². The fraction of sp³-hybridized carbons (Fsp3) is 0.462. The third kappa shape index (κ3) is 8.27. The number of rotatable bonds is 4. The largest absolute Gasteiger partial charge is 0.481 e. The molecule has 0 bridgehead atoms. The Morgan fingerprint density at radius 3 is 1.94 bits per heavy atom. The van der Waals surface area contributed by atoms with Crippen molar-refractivity contribution in [3.05, 3.63) is 39.9 Å². The summed E-state index contributed by atoms with van der Waals surface area (Å²) in [6, 6.07) is 5.89. The Morgan fingerprint density at radius 2 is 1.61 bits per heavy atom. The minimum Gasteiger partial charge on any atom is -0.481 e. The number of non-ortho nitro benzene ring substituents is 1. The molecule has 0 aliphatic heterocycles. The van der Waals surface area contributed by atoms with Gasteiger partial charge in [0.15, 0.2) is 0 Å². The van der Waals surface area contributed by atoms with E-state index in [2.05, 4.69) is 0 Å². The molecule has 18 heavy (non-hydrogen) atoms. The van der Waals surface area contributed by atoms with Crippen molar-refractivity contribution in [3.8, 4) is 0 Å². The molecule has 0 aromatic heterocycles. The van der Waals surface area contributed by atoms with Gasteiger partial charge in [-0.15, -0.1) is 0 Å². The van der Waals surface area contributed by atoms with E-state index in [1.54, 1.807) is 12.1 Å². The number of carboxylic acid groups (broad SMARTS) is 1. The molecule has 1 rings (SSSR count). The van der Waals surface area contributed by atoms with Crippen molar-refractivity contribution in [2.75, 3.05) is 0 Å². The normalized spacial score (nSPS) is 8.22. The van der Waals surface area contributed by atoms with Crippen molar-refractivity contribution in [1.29, 1.82) is 0 Å².